The molecule has 5 bridgehead atoms. The Bertz CT molecular complexity index is 2490. The number of benzene rings is 2. The number of likely N-dealkylation sites (tertiary alicyclic amines) is 2. The van der Waals surface area contributed by atoms with Crippen LogP contribution in [0.2, 0.25) is 0 Å². The Morgan fingerprint density at radius 3 is 2.25 bits per heavy atom. The average molecular weight is 945 g/mol. The van der Waals surface area contributed by atoms with Crippen LogP contribution in [0.15, 0.2) is 46.1 Å². The molecule has 17 nitrogen and oxygen atoms in total. The highest BCUT2D eigenvalue weighted by Gasteiger charge is 2.50. The van der Waals surface area contributed by atoms with E-state index in [1.807, 2.05) is 14.0 Å². The smallest absolute Gasteiger partial charge is 0.407 e. The van der Waals surface area contributed by atoms with Gasteiger partial charge in [-0.05, 0) is 58.8 Å². The number of ether oxygens (including phenoxy) is 4. The van der Waals surface area contributed by atoms with Crippen molar-refractivity contribution in [3.05, 3.63) is 58.0 Å². The lowest BCUT2D eigenvalue weighted by atomic mass is 9.78. The molecule has 0 radical (unpaired) electrons. The highest BCUT2D eigenvalue weighted by atomic mass is 16.7. The van der Waals surface area contributed by atoms with Gasteiger partial charge in [0.05, 0.1) is 40.9 Å². The normalized spacial score (nSPS) is 32.4. The molecule has 6 aliphatic rings. The molecule has 2 amide bonds. The number of alkyl carbamates (subject to hydrolysis) is 1. The maximum Gasteiger partial charge on any atom is 0.407 e. The van der Waals surface area contributed by atoms with Gasteiger partial charge in [0.15, 0.2) is 11.4 Å². The largest absolute Gasteiger partial charge is 0.507 e. The van der Waals surface area contributed by atoms with Crippen LogP contribution in [0.4, 0.5) is 10.5 Å². The molecular formula is C51H72N6O11. The minimum atomic E-state index is -1.98. The number of Topliss-reactive ketones (excluding diaryl/α,β-unsaturated/α-hetero) is 1. The quantitative estimate of drug-likeness (QED) is 0.217. The van der Waals surface area contributed by atoms with Crippen molar-refractivity contribution in [1.82, 2.24) is 15.1 Å². The van der Waals surface area contributed by atoms with Gasteiger partial charge in [-0.3, -0.25) is 19.6 Å². The fourth-order valence-corrected chi connectivity index (χ4v) is 10.5. The fourth-order valence-electron chi connectivity index (χ4n) is 10.5. The van der Waals surface area contributed by atoms with E-state index < -0.39 is 83.1 Å². The number of fused-ring (bicyclic) bond motifs is 13. The number of aliphatic hydroxyl groups is 2. The number of piperidine rings is 2. The molecule has 0 aromatic heterocycles. The number of carbonyl (C=O) groups is 3. The van der Waals surface area contributed by atoms with Gasteiger partial charge in [0.25, 0.3) is 11.7 Å². The molecular weight excluding hydrogens is 873 g/mol. The zero-order chi connectivity index (χ0) is 49.6. The maximum absolute atomic E-state index is 14.9. The van der Waals surface area contributed by atoms with Gasteiger partial charge in [0.1, 0.15) is 28.6 Å². The molecule has 1 spiro atoms. The van der Waals surface area contributed by atoms with E-state index in [4.69, 9.17) is 28.9 Å². The Morgan fingerprint density at radius 1 is 0.941 bits per heavy atom. The summed E-state index contributed by atoms with van der Waals surface area (Å²) in [6.07, 6.45) is 5.82. The molecule has 2 aromatic carbocycles. The van der Waals surface area contributed by atoms with Crippen LogP contribution in [0, 0.1) is 36.5 Å². The predicted molar refractivity (Wildman–Crippen MR) is 256 cm³/mol. The molecule has 17 heteroatoms. The molecule has 372 valence electrons. The number of aliphatic hydroxyl groups excluding tert-OH is 2. The van der Waals surface area contributed by atoms with Crippen LogP contribution in [0.3, 0.4) is 0 Å². The number of phenolic OH excluding ortho intramolecular Hbond substituents is 2. The molecule has 68 heavy (non-hydrogen) atoms. The lowest BCUT2D eigenvalue weighted by Gasteiger charge is -2.38. The van der Waals surface area contributed by atoms with Crippen molar-refractivity contribution in [3.8, 4) is 17.2 Å². The Morgan fingerprint density at radius 2 is 1.60 bits per heavy atom. The van der Waals surface area contributed by atoms with Gasteiger partial charge in [-0.2, -0.15) is 0 Å². The van der Waals surface area contributed by atoms with E-state index in [2.05, 4.69) is 34.3 Å². The number of aromatic hydroxyl groups is 2. The Kier molecular flexibility index (Phi) is 15.0. The number of nitrogens with one attached hydrogen (secondary N) is 2. The summed E-state index contributed by atoms with van der Waals surface area (Å²) in [5.74, 6) is -6.04. The lowest BCUT2D eigenvalue weighted by Crippen LogP contribution is -2.49. The molecule has 2 aromatic rings. The van der Waals surface area contributed by atoms with Crippen molar-refractivity contribution in [2.45, 2.75) is 130 Å². The zero-order valence-corrected chi connectivity index (χ0v) is 41.5. The number of hydrogen-bond acceptors (Lipinski definition) is 15. The molecule has 0 aliphatic carbocycles. The average Bonchev–Trinajstić information content (AvgIpc) is 3.80. The first-order valence-electron chi connectivity index (χ1n) is 24.2. The summed E-state index contributed by atoms with van der Waals surface area (Å²) < 4.78 is 24.7. The number of phenols is 2. The molecule has 2 saturated heterocycles. The topological polar surface area (TPSA) is 224 Å². The molecule has 0 saturated carbocycles. The summed E-state index contributed by atoms with van der Waals surface area (Å²) in [5.41, 5.74) is -0.583. The number of ketones is 1. The van der Waals surface area contributed by atoms with Crippen LogP contribution < -0.4 is 26.1 Å². The van der Waals surface area contributed by atoms with Crippen LogP contribution in [0.25, 0.3) is 10.8 Å². The third-order valence-electron chi connectivity index (χ3n) is 14.9. The summed E-state index contributed by atoms with van der Waals surface area (Å²) in [6.45, 7) is 20.0. The van der Waals surface area contributed by atoms with Crippen molar-refractivity contribution in [2.24, 2.45) is 39.6 Å². The summed E-state index contributed by atoms with van der Waals surface area (Å²) >= 11 is 0. The second-order valence-corrected chi connectivity index (χ2v) is 20.5. The SMILES string of the molecule is CO[C@H]1/C=C/O[C@@]2(C)Oc3c(C)c(O)c4c(O)c(c5c(c4c3C2=O)=NC2(CCN(CC(C)C)CC2)N=5)NC(=O)/C(C)=C\C=C\[C@H](C)[C@H](O)[C@@H](C)[C@@H](O)[C@@H](C)[C@H](OC(=O)NC2CCN(C)CC2)[C@@H]1C. The number of amides is 2. The van der Waals surface area contributed by atoms with Crippen molar-refractivity contribution in [1.29, 1.82) is 0 Å². The van der Waals surface area contributed by atoms with Gasteiger partial charge < -0.3 is 59.8 Å². The van der Waals surface area contributed by atoms with E-state index in [-0.39, 0.29) is 61.4 Å². The molecule has 0 unspecified atom stereocenters. The van der Waals surface area contributed by atoms with Crippen molar-refractivity contribution in [3.63, 3.8) is 0 Å². The van der Waals surface area contributed by atoms with E-state index in [0.717, 1.165) is 32.5 Å². The summed E-state index contributed by atoms with van der Waals surface area (Å²) in [6, 6.07) is -0.0897. The predicted octanol–water partition coefficient (Wildman–Crippen LogP) is 5.01. The first-order valence-corrected chi connectivity index (χ1v) is 24.2. The molecule has 2 fully saturated rings. The first-order chi connectivity index (χ1) is 32.1. The second kappa shape index (κ2) is 20.1. The van der Waals surface area contributed by atoms with E-state index in [1.54, 1.807) is 58.9 Å². The van der Waals surface area contributed by atoms with Gasteiger partial charge in [0.2, 0.25) is 0 Å². The number of hydrogen-bond donors (Lipinski definition) is 6. The maximum atomic E-state index is 14.9. The number of rotatable bonds is 5. The second-order valence-electron chi connectivity index (χ2n) is 20.5. The Labute approximate surface area is 399 Å². The number of carbonyl (C=O) groups excluding carboxylic acids is 3. The number of methoxy groups -OCH3 is 1. The standard InChI is InChI=1S/C51H72N6O11/c1-26(2)25-57-22-18-51(19-23-57)54-38-35-36-43(60)32(8)46-37(35)47(62)50(9,68-46)66-24-17-34(65-11)29(5)45(67-49(64)52-33-15-20-56(10)21-16-33)31(7)42(59)30(6)41(58)27(3)13-12-14-28(4)48(63)53-40(44(36)61)39(38)55-51/h12-14,17,24,26-27,29-31,33-34,41-42,45,58-61H,15-16,18-23,25H2,1-11H3,(H,52,64)(H,53,63)/b13-12+,24-17+,28-14-/t27-,29+,30+,31+,34-,41-,42+,45+,50-/m0/s1. The first kappa shape index (κ1) is 50.8. The highest BCUT2D eigenvalue weighted by molar-refractivity contribution is 6.19. The number of allylic oxidation sites excluding steroid dienone is 2. The third-order valence-corrected chi connectivity index (χ3v) is 14.9. The monoisotopic (exact) mass is 945 g/mol. The number of anilines is 1. The lowest BCUT2D eigenvalue weighted by molar-refractivity contribution is -0.112. The van der Waals surface area contributed by atoms with Gasteiger partial charge in [-0.15, -0.1) is 0 Å². The van der Waals surface area contributed by atoms with Gasteiger partial charge in [-0.1, -0.05) is 59.8 Å². The number of nitrogens with zero attached hydrogens (tertiary/aromatic N) is 4. The highest BCUT2D eigenvalue weighted by Crippen LogP contribution is 2.50. The third kappa shape index (κ3) is 9.87. The molecule has 9 atom stereocenters. The van der Waals surface area contributed by atoms with Crippen LogP contribution in [0.5, 0.6) is 17.2 Å². The van der Waals surface area contributed by atoms with Crippen LogP contribution in [-0.4, -0.2) is 137 Å². The van der Waals surface area contributed by atoms with E-state index >= 15 is 0 Å². The molecule has 8 rings (SSSR count). The van der Waals surface area contributed by atoms with Crippen LogP contribution in [0.1, 0.15) is 97.0 Å². The van der Waals surface area contributed by atoms with Gasteiger partial charge >= 0.3 is 11.9 Å². The molecule has 6 aliphatic heterocycles. The zero-order valence-electron chi connectivity index (χ0n) is 41.5. The van der Waals surface area contributed by atoms with Gasteiger partial charge in [0, 0.05) is 92.7 Å². The van der Waals surface area contributed by atoms with E-state index in [1.165, 1.54) is 20.3 Å². The molecule has 6 N–H and O–H groups in total. The minimum Gasteiger partial charge on any atom is -0.507 e. The summed E-state index contributed by atoms with van der Waals surface area (Å²) in [4.78, 5) is 57.4. The van der Waals surface area contributed by atoms with Crippen LogP contribution >= 0.6 is 0 Å². The van der Waals surface area contributed by atoms with Crippen molar-refractivity contribution >= 4 is 34.2 Å². The van der Waals surface area contributed by atoms with Crippen LogP contribution in [-0.2, 0) is 19.0 Å². The Hall–Kier alpha value is -5.07. The fraction of sp³-hybridized carbons (Fsp3) is 0.627. The van der Waals surface area contributed by atoms with Crippen molar-refractivity contribution in [2.75, 3.05) is 52.2 Å². The molecule has 6 heterocycles. The van der Waals surface area contributed by atoms with E-state index in [0.29, 0.717) is 31.8 Å². The van der Waals surface area contributed by atoms with E-state index in [9.17, 15) is 34.8 Å². The summed E-state index contributed by atoms with van der Waals surface area (Å²) in [7, 11) is 3.52. The van der Waals surface area contributed by atoms with Crippen molar-refractivity contribution < 1.29 is 53.8 Å². The summed E-state index contributed by atoms with van der Waals surface area (Å²) in [5, 5.41) is 53.9. The van der Waals surface area contributed by atoms with Gasteiger partial charge in [-0.25, -0.2) is 4.79 Å². The minimum absolute atomic E-state index is 0.0357. The Balaban J connectivity index is 1.33.